The van der Waals surface area contributed by atoms with Gasteiger partial charge in [-0.3, -0.25) is 9.67 Å². The van der Waals surface area contributed by atoms with Gasteiger partial charge >= 0.3 is 0 Å². The number of aromatic nitrogens is 5. The molecule has 1 atom stereocenters. The summed E-state index contributed by atoms with van der Waals surface area (Å²) in [5.41, 5.74) is 1.98. The van der Waals surface area contributed by atoms with Gasteiger partial charge in [0.15, 0.2) is 5.82 Å². The Morgan fingerprint density at radius 3 is 2.80 bits per heavy atom. The Morgan fingerprint density at radius 2 is 2.10 bits per heavy atom. The number of hydrogen-bond acceptors (Lipinski definition) is 4. The first-order valence-corrected chi connectivity index (χ1v) is 6.47. The molecule has 0 fully saturated rings. The van der Waals surface area contributed by atoms with E-state index in [4.69, 9.17) is 0 Å². The van der Waals surface area contributed by atoms with Crippen LogP contribution in [0.4, 0.5) is 5.69 Å². The number of anilines is 1. The first-order valence-electron chi connectivity index (χ1n) is 6.47. The maximum absolute atomic E-state index is 4.45. The van der Waals surface area contributed by atoms with E-state index in [-0.39, 0.29) is 6.04 Å². The molecule has 0 spiro atoms. The molecule has 3 heterocycles. The van der Waals surface area contributed by atoms with Crippen LogP contribution in [0, 0.1) is 6.92 Å². The lowest BCUT2D eigenvalue weighted by atomic mass is 10.2. The van der Waals surface area contributed by atoms with E-state index in [1.54, 1.807) is 18.6 Å². The molecule has 0 saturated heterocycles. The van der Waals surface area contributed by atoms with E-state index in [1.807, 2.05) is 35.9 Å². The molecule has 3 aromatic rings. The summed E-state index contributed by atoms with van der Waals surface area (Å²) in [6.45, 7) is 4.03. The first-order chi connectivity index (χ1) is 9.75. The van der Waals surface area contributed by atoms with Crippen molar-refractivity contribution in [3.05, 3.63) is 54.5 Å². The molecule has 3 aromatic heterocycles. The zero-order valence-electron chi connectivity index (χ0n) is 11.4. The molecular formula is C14H16N6. The number of pyridine rings is 1. The molecule has 6 nitrogen and oxygen atoms in total. The number of aromatic amines is 1. The van der Waals surface area contributed by atoms with E-state index in [2.05, 4.69) is 32.4 Å². The Hall–Kier alpha value is -2.63. The minimum Gasteiger partial charge on any atom is -0.374 e. The van der Waals surface area contributed by atoms with Crippen molar-refractivity contribution in [2.24, 2.45) is 0 Å². The highest BCUT2D eigenvalue weighted by molar-refractivity contribution is 5.57. The third-order valence-electron chi connectivity index (χ3n) is 3.20. The van der Waals surface area contributed by atoms with Gasteiger partial charge in [0.2, 0.25) is 0 Å². The summed E-state index contributed by atoms with van der Waals surface area (Å²) in [6, 6.07) is 5.99. The van der Waals surface area contributed by atoms with Crippen molar-refractivity contribution in [2.45, 2.75) is 19.9 Å². The molecule has 0 radical (unpaired) electrons. The molecule has 3 rings (SSSR count). The van der Waals surface area contributed by atoms with Crippen LogP contribution in [0.25, 0.3) is 5.82 Å². The van der Waals surface area contributed by atoms with Crippen LogP contribution in [0.2, 0.25) is 0 Å². The van der Waals surface area contributed by atoms with Crippen LogP contribution in [-0.4, -0.2) is 24.7 Å². The van der Waals surface area contributed by atoms with Crippen LogP contribution in [0.3, 0.4) is 0 Å². The standard InChI is InChI=1S/C14H16N6/c1-10(12-5-7-17-19-12)18-13-4-3-6-16-14(13)20-9-8-15-11(20)2/h3-10,18H,1-2H3,(H,17,19). The van der Waals surface area contributed by atoms with Gasteiger partial charge in [-0.2, -0.15) is 5.10 Å². The van der Waals surface area contributed by atoms with Crippen LogP contribution >= 0.6 is 0 Å². The highest BCUT2D eigenvalue weighted by atomic mass is 15.2. The minimum absolute atomic E-state index is 0.115. The van der Waals surface area contributed by atoms with Gasteiger partial charge in [-0.05, 0) is 32.0 Å². The molecule has 0 saturated carbocycles. The fourth-order valence-corrected chi connectivity index (χ4v) is 2.12. The molecule has 0 aromatic carbocycles. The highest BCUT2D eigenvalue weighted by Gasteiger charge is 2.12. The lowest BCUT2D eigenvalue weighted by Gasteiger charge is -2.17. The zero-order chi connectivity index (χ0) is 13.9. The number of nitrogens with one attached hydrogen (secondary N) is 2. The van der Waals surface area contributed by atoms with Gasteiger partial charge in [0.1, 0.15) is 5.82 Å². The summed E-state index contributed by atoms with van der Waals surface area (Å²) in [7, 11) is 0. The molecule has 6 heteroatoms. The van der Waals surface area contributed by atoms with Crippen molar-refractivity contribution < 1.29 is 0 Å². The van der Waals surface area contributed by atoms with Crippen molar-refractivity contribution in [3.8, 4) is 5.82 Å². The van der Waals surface area contributed by atoms with Gasteiger partial charge in [0, 0.05) is 24.8 Å². The second-order valence-electron chi connectivity index (χ2n) is 4.60. The largest absolute Gasteiger partial charge is 0.374 e. The van der Waals surface area contributed by atoms with Crippen LogP contribution in [-0.2, 0) is 0 Å². The Morgan fingerprint density at radius 1 is 1.20 bits per heavy atom. The summed E-state index contributed by atoms with van der Waals surface area (Å²) < 4.78 is 1.96. The Balaban J connectivity index is 1.93. The van der Waals surface area contributed by atoms with Crippen LogP contribution in [0.15, 0.2) is 43.0 Å². The van der Waals surface area contributed by atoms with Crippen LogP contribution in [0.5, 0.6) is 0 Å². The predicted octanol–water partition coefficient (Wildman–Crippen LogP) is 2.47. The average Bonchev–Trinajstić information content (AvgIpc) is 3.10. The summed E-state index contributed by atoms with van der Waals surface area (Å²) in [5.74, 6) is 1.75. The van der Waals surface area contributed by atoms with Gasteiger partial charge in [0.25, 0.3) is 0 Å². The normalized spacial score (nSPS) is 12.3. The molecule has 20 heavy (non-hydrogen) atoms. The predicted molar refractivity (Wildman–Crippen MR) is 76.7 cm³/mol. The third-order valence-corrected chi connectivity index (χ3v) is 3.20. The van der Waals surface area contributed by atoms with Crippen molar-refractivity contribution in [3.63, 3.8) is 0 Å². The lowest BCUT2D eigenvalue weighted by molar-refractivity contribution is 0.818. The molecule has 0 amide bonds. The quantitative estimate of drug-likeness (QED) is 0.762. The van der Waals surface area contributed by atoms with E-state index in [0.29, 0.717) is 0 Å². The van der Waals surface area contributed by atoms with E-state index in [1.165, 1.54) is 0 Å². The lowest BCUT2D eigenvalue weighted by Crippen LogP contribution is -2.11. The van der Waals surface area contributed by atoms with E-state index >= 15 is 0 Å². The number of rotatable bonds is 4. The molecular weight excluding hydrogens is 252 g/mol. The maximum atomic E-state index is 4.45. The fraction of sp³-hybridized carbons (Fsp3) is 0.214. The molecule has 0 aliphatic heterocycles. The van der Waals surface area contributed by atoms with Crippen molar-refractivity contribution in [2.75, 3.05) is 5.32 Å². The molecule has 0 aliphatic rings. The van der Waals surface area contributed by atoms with E-state index in [9.17, 15) is 0 Å². The number of imidazole rings is 1. The topological polar surface area (TPSA) is 71.4 Å². The van der Waals surface area contributed by atoms with Gasteiger partial charge < -0.3 is 5.32 Å². The zero-order valence-corrected chi connectivity index (χ0v) is 11.4. The van der Waals surface area contributed by atoms with Gasteiger partial charge in [-0.15, -0.1) is 0 Å². The Bertz CT molecular complexity index is 685. The van der Waals surface area contributed by atoms with Crippen molar-refractivity contribution in [1.82, 2.24) is 24.7 Å². The molecule has 102 valence electrons. The monoisotopic (exact) mass is 268 g/mol. The smallest absolute Gasteiger partial charge is 0.161 e. The number of H-pyrrole nitrogens is 1. The second-order valence-corrected chi connectivity index (χ2v) is 4.60. The Labute approximate surface area is 116 Å². The van der Waals surface area contributed by atoms with E-state index in [0.717, 1.165) is 23.0 Å². The molecule has 2 N–H and O–H groups in total. The number of hydrogen-bond donors (Lipinski definition) is 2. The fourth-order valence-electron chi connectivity index (χ4n) is 2.12. The Kier molecular flexibility index (Phi) is 3.20. The number of nitrogens with zero attached hydrogens (tertiary/aromatic N) is 4. The van der Waals surface area contributed by atoms with Crippen molar-refractivity contribution >= 4 is 5.69 Å². The summed E-state index contributed by atoms with van der Waals surface area (Å²) >= 11 is 0. The van der Waals surface area contributed by atoms with Gasteiger partial charge in [0.05, 0.1) is 17.4 Å². The third kappa shape index (κ3) is 2.27. The molecule has 0 aliphatic carbocycles. The van der Waals surface area contributed by atoms with Crippen LogP contribution in [0.1, 0.15) is 24.5 Å². The van der Waals surface area contributed by atoms with Crippen LogP contribution < -0.4 is 5.32 Å². The average molecular weight is 268 g/mol. The first kappa shape index (κ1) is 12.4. The summed E-state index contributed by atoms with van der Waals surface area (Å²) in [4.78, 5) is 8.69. The summed E-state index contributed by atoms with van der Waals surface area (Å²) in [5, 5.41) is 10.4. The summed E-state index contributed by atoms with van der Waals surface area (Å²) in [6.07, 6.45) is 7.20. The minimum atomic E-state index is 0.115. The molecule has 1 unspecified atom stereocenters. The second kappa shape index (κ2) is 5.16. The van der Waals surface area contributed by atoms with Gasteiger partial charge in [-0.1, -0.05) is 0 Å². The highest BCUT2D eigenvalue weighted by Crippen LogP contribution is 2.23. The molecule has 0 bridgehead atoms. The number of aryl methyl sites for hydroxylation is 1. The SMILES string of the molecule is Cc1nccn1-c1ncccc1NC(C)c1ccn[nH]1. The van der Waals surface area contributed by atoms with Gasteiger partial charge in [-0.25, -0.2) is 9.97 Å². The van der Waals surface area contributed by atoms with Crippen molar-refractivity contribution in [1.29, 1.82) is 0 Å². The van der Waals surface area contributed by atoms with E-state index < -0.39 is 0 Å². The maximum Gasteiger partial charge on any atom is 0.161 e.